The minimum absolute atomic E-state index is 0.0697. The lowest BCUT2D eigenvalue weighted by Gasteiger charge is -2.08. The summed E-state index contributed by atoms with van der Waals surface area (Å²) in [6, 6.07) is 7.27. The Morgan fingerprint density at radius 1 is 0.913 bits per heavy atom. The zero-order valence-corrected chi connectivity index (χ0v) is 14.6. The van der Waals surface area contributed by atoms with Gasteiger partial charge in [-0.25, -0.2) is 0 Å². The lowest BCUT2D eigenvalue weighted by atomic mass is 10.2. The molecule has 0 bridgehead atoms. The van der Waals surface area contributed by atoms with E-state index in [9.17, 15) is 4.79 Å². The molecule has 0 aromatic heterocycles. The zero-order chi connectivity index (χ0) is 16.8. The maximum absolute atomic E-state index is 12.0. The Morgan fingerprint density at radius 2 is 1.65 bits per heavy atom. The minimum Gasteiger partial charge on any atom is -0.494 e. The normalized spacial score (nSPS) is 10.5. The first-order valence-corrected chi connectivity index (χ1v) is 8.86. The van der Waals surface area contributed by atoms with E-state index in [0.717, 1.165) is 38.2 Å². The summed E-state index contributed by atoms with van der Waals surface area (Å²) < 4.78 is 11.1. The molecule has 1 aromatic carbocycles. The largest absolute Gasteiger partial charge is 0.494 e. The topological polar surface area (TPSA) is 47.6 Å². The summed E-state index contributed by atoms with van der Waals surface area (Å²) in [4.78, 5) is 12.0. The highest BCUT2D eigenvalue weighted by molar-refractivity contribution is 5.94. The smallest absolute Gasteiger partial charge is 0.251 e. The van der Waals surface area contributed by atoms with E-state index in [-0.39, 0.29) is 5.91 Å². The molecule has 1 N–H and O–H groups in total. The molecule has 0 heterocycles. The molecule has 0 aliphatic carbocycles. The highest BCUT2D eigenvalue weighted by Crippen LogP contribution is 2.12. The van der Waals surface area contributed by atoms with Crippen molar-refractivity contribution in [3.05, 3.63) is 29.8 Å². The SMILES string of the molecule is CCCCCCOCCNC(=O)c1ccc(OCCCC)cc1. The molecular weight excluding hydrogens is 290 g/mol. The second-order valence-electron chi connectivity index (χ2n) is 5.66. The number of ether oxygens (including phenoxy) is 2. The Bertz CT molecular complexity index is 417. The third kappa shape index (κ3) is 9.24. The molecule has 0 saturated carbocycles. The van der Waals surface area contributed by atoms with Crippen LogP contribution in [0.15, 0.2) is 24.3 Å². The number of carbonyl (C=O) groups excluding carboxylic acids is 1. The van der Waals surface area contributed by atoms with Gasteiger partial charge in [0.1, 0.15) is 5.75 Å². The predicted octanol–water partition coefficient (Wildman–Crippen LogP) is 4.19. The Labute approximate surface area is 140 Å². The highest BCUT2D eigenvalue weighted by atomic mass is 16.5. The van der Waals surface area contributed by atoms with Crippen LogP contribution in [0.2, 0.25) is 0 Å². The van der Waals surface area contributed by atoms with Crippen LogP contribution in [0.25, 0.3) is 0 Å². The highest BCUT2D eigenvalue weighted by Gasteiger charge is 2.04. The Morgan fingerprint density at radius 3 is 2.35 bits per heavy atom. The van der Waals surface area contributed by atoms with Crippen molar-refractivity contribution in [2.24, 2.45) is 0 Å². The predicted molar refractivity (Wildman–Crippen MR) is 94.1 cm³/mol. The lowest BCUT2D eigenvalue weighted by molar-refractivity contribution is 0.0912. The van der Waals surface area contributed by atoms with Gasteiger partial charge in [-0.2, -0.15) is 0 Å². The van der Waals surface area contributed by atoms with Crippen molar-refractivity contribution in [3.63, 3.8) is 0 Å². The third-order valence-electron chi connectivity index (χ3n) is 3.56. The molecule has 0 radical (unpaired) electrons. The van der Waals surface area contributed by atoms with Crippen LogP contribution in [0.3, 0.4) is 0 Å². The van der Waals surface area contributed by atoms with Crippen molar-refractivity contribution < 1.29 is 14.3 Å². The van der Waals surface area contributed by atoms with Crippen LogP contribution in [-0.4, -0.2) is 32.3 Å². The summed E-state index contributed by atoms with van der Waals surface area (Å²) in [6.07, 6.45) is 6.97. The summed E-state index contributed by atoms with van der Waals surface area (Å²) in [5.74, 6) is 0.741. The maximum atomic E-state index is 12.0. The van der Waals surface area contributed by atoms with Crippen molar-refractivity contribution in [2.75, 3.05) is 26.4 Å². The average Bonchev–Trinajstić information content (AvgIpc) is 2.58. The first-order chi connectivity index (χ1) is 11.3. The molecular formula is C19H31NO3. The lowest BCUT2D eigenvalue weighted by Crippen LogP contribution is -2.27. The Hall–Kier alpha value is -1.55. The van der Waals surface area contributed by atoms with Gasteiger partial charge < -0.3 is 14.8 Å². The molecule has 0 aliphatic rings. The van der Waals surface area contributed by atoms with Gasteiger partial charge in [-0.15, -0.1) is 0 Å². The van der Waals surface area contributed by atoms with Gasteiger partial charge in [-0.05, 0) is 37.1 Å². The van der Waals surface area contributed by atoms with Crippen molar-refractivity contribution in [2.45, 2.75) is 52.4 Å². The van der Waals surface area contributed by atoms with Gasteiger partial charge >= 0.3 is 0 Å². The van der Waals surface area contributed by atoms with Gasteiger partial charge in [0.25, 0.3) is 5.91 Å². The first-order valence-electron chi connectivity index (χ1n) is 8.86. The molecule has 0 aliphatic heterocycles. The molecule has 0 spiro atoms. The molecule has 0 atom stereocenters. The number of hydrogen-bond donors (Lipinski definition) is 1. The van der Waals surface area contributed by atoms with Gasteiger partial charge in [-0.3, -0.25) is 4.79 Å². The third-order valence-corrected chi connectivity index (χ3v) is 3.56. The van der Waals surface area contributed by atoms with E-state index in [0.29, 0.717) is 18.7 Å². The zero-order valence-electron chi connectivity index (χ0n) is 14.6. The molecule has 0 fully saturated rings. The summed E-state index contributed by atoms with van der Waals surface area (Å²) in [6.45, 7) is 6.93. The van der Waals surface area contributed by atoms with Crippen molar-refractivity contribution in [1.82, 2.24) is 5.32 Å². The van der Waals surface area contributed by atoms with Crippen LogP contribution in [0.5, 0.6) is 5.75 Å². The number of unbranched alkanes of at least 4 members (excludes halogenated alkanes) is 4. The molecule has 1 rings (SSSR count). The molecule has 130 valence electrons. The van der Waals surface area contributed by atoms with E-state index in [4.69, 9.17) is 9.47 Å². The summed E-state index contributed by atoms with van der Waals surface area (Å²) in [5.41, 5.74) is 0.649. The molecule has 0 saturated heterocycles. The van der Waals surface area contributed by atoms with E-state index in [2.05, 4.69) is 19.2 Å². The number of nitrogens with one attached hydrogen (secondary N) is 1. The summed E-state index contributed by atoms with van der Waals surface area (Å²) >= 11 is 0. The maximum Gasteiger partial charge on any atom is 0.251 e. The fourth-order valence-corrected chi connectivity index (χ4v) is 2.11. The molecule has 4 heteroatoms. The Kier molecular flexibility index (Phi) is 11.0. The number of amides is 1. The van der Waals surface area contributed by atoms with E-state index < -0.39 is 0 Å². The van der Waals surface area contributed by atoms with Gasteiger partial charge in [0.05, 0.1) is 13.2 Å². The van der Waals surface area contributed by atoms with Gasteiger partial charge in [0, 0.05) is 18.7 Å². The number of hydrogen-bond acceptors (Lipinski definition) is 3. The van der Waals surface area contributed by atoms with Crippen LogP contribution in [0.4, 0.5) is 0 Å². The van der Waals surface area contributed by atoms with Crippen molar-refractivity contribution in [3.8, 4) is 5.75 Å². The van der Waals surface area contributed by atoms with Crippen LogP contribution in [0.1, 0.15) is 62.7 Å². The monoisotopic (exact) mass is 321 g/mol. The molecule has 4 nitrogen and oxygen atoms in total. The van der Waals surface area contributed by atoms with Gasteiger partial charge in [0.15, 0.2) is 0 Å². The van der Waals surface area contributed by atoms with Gasteiger partial charge in [0.2, 0.25) is 0 Å². The second kappa shape index (κ2) is 12.9. The van der Waals surface area contributed by atoms with Crippen molar-refractivity contribution in [1.29, 1.82) is 0 Å². The molecule has 23 heavy (non-hydrogen) atoms. The van der Waals surface area contributed by atoms with Crippen LogP contribution in [0, 0.1) is 0 Å². The average molecular weight is 321 g/mol. The quantitative estimate of drug-likeness (QED) is 0.554. The van der Waals surface area contributed by atoms with Gasteiger partial charge in [-0.1, -0.05) is 39.5 Å². The summed E-state index contributed by atoms with van der Waals surface area (Å²) in [5, 5.41) is 2.87. The molecule has 0 unspecified atom stereocenters. The fraction of sp³-hybridized carbons (Fsp3) is 0.632. The van der Waals surface area contributed by atoms with E-state index in [1.165, 1.54) is 19.3 Å². The van der Waals surface area contributed by atoms with Crippen LogP contribution < -0.4 is 10.1 Å². The van der Waals surface area contributed by atoms with Crippen LogP contribution in [-0.2, 0) is 4.74 Å². The standard InChI is InChI=1S/C19H31NO3/c1-3-5-7-8-14-22-16-13-20-19(21)17-9-11-18(12-10-17)23-15-6-4-2/h9-12H,3-8,13-16H2,1-2H3,(H,20,21). The molecule has 1 aromatic rings. The van der Waals surface area contributed by atoms with Crippen LogP contribution >= 0.6 is 0 Å². The number of rotatable bonds is 13. The fourth-order valence-electron chi connectivity index (χ4n) is 2.11. The van der Waals surface area contributed by atoms with E-state index in [1.54, 1.807) is 12.1 Å². The summed E-state index contributed by atoms with van der Waals surface area (Å²) in [7, 11) is 0. The second-order valence-corrected chi connectivity index (χ2v) is 5.66. The minimum atomic E-state index is -0.0697. The van der Waals surface area contributed by atoms with E-state index in [1.807, 2.05) is 12.1 Å². The number of carbonyl (C=O) groups is 1. The van der Waals surface area contributed by atoms with E-state index >= 15 is 0 Å². The number of benzene rings is 1. The molecule has 1 amide bonds. The first kappa shape index (κ1) is 19.5. The van der Waals surface area contributed by atoms with Crippen molar-refractivity contribution >= 4 is 5.91 Å². The Balaban J connectivity index is 2.14.